The average molecular weight is 407 g/mol. The SMILES string of the molecule is Cc1oc2ccccc2c1CC(=O)NN(C(N)=S)c1cccc(C(F)(F)F)c1. The van der Waals surface area contributed by atoms with E-state index in [0.29, 0.717) is 16.9 Å². The van der Waals surface area contributed by atoms with Gasteiger partial charge in [-0.2, -0.15) is 13.2 Å². The van der Waals surface area contributed by atoms with Gasteiger partial charge in [-0.05, 0) is 43.4 Å². The van der Waals surface area contributed by atoms with Crippen LogP contribution >= 0.6 is 12.2 Å². The number of halogens is 3. The van der Waals surface area contributed by atoms with E-state index in [1.54, 1.807) is 13.0 Å². The molecule has 0 atom stereocenters. The van der Waals surface area contributed by atoms with Crippen molar-refractivity contribution in [3.8, 4) is 0 Å². The summed E-state index contributed by atoms with van der Waals surface area (Å²) >= 11 is 4.89. The van der Waals surface area contributed by atoms with Crippen LogP contribution in [-0.2, 0) is 17.4 Å². The van der Waals surface area contributed by atoms with Gasteiger partial charge in [-0.15, -0.1) is 0 Å². The number of anilines is 1. The summed E-state index contributed by atoms with van der Waals surface area (Å²) in [7, 11) is 0. The van der Waals surface area contributed by atoms with Crippen molar-refractivity contribution in [2.24, 2.45) is 5.73 Å². The Morgan fingerprint density at radius 1 is 1.21 bits per heavy atom. The topological polar surface area (TPSA) is 71.5 Å². The smallest absolute Gasteiger partial charge is 0.416 e. The third kappa shape index (κ3) is 4.09. The number of hydrogen-bond donors (Lipinski definition) is 2. The molecule has 0 aliphatic rings. The normalized spacial score (nSPS) is 11.4. The number of para-hydroxylation sites is 1. The Kier molecular flexibility index (Phi) is 5.28. The third-order valence-electron chi connectivity index (χ3n) is 4.13. The number of carbonyl (C=O) groups excluding carboxylic acids is 1. The molecule has 3 N–H and O–H groups in total. The van der Waals surface area contributed by atoms with Crippen molar-refractivity contribution in [3.63, 3.8) is 0 Å². The summed E-state index contributed by atoms with van der Waals surface area (Å²) < 4.78 is 44.5. The molecule has 0 unspecified atom stereocenters. The predicted octanol–water partition coefficient (Wildman–Crippen LogP) is 4.08. The lowest BCUT2D eigenvalue weighted by molar-refractivity contribution is -0.137. The molecule has 28 heavy (non-hydrogen) atoms. The number of furan rings is 1. The van der Waals surface area contributed by atoms with E-state index in [4.69, 9.17) is 22.4 Å². The number of rotatable bonds is 3. The number of hydrogen-bond acceptors (Lipinski definition) is 3. The first-order chi connectivity index (χ1) is 13.2. The fraction of sp³-hybridized carbons (Fsp3) is 0.158. The summed E-state index contributed by atoms with van der Waals surface area (Å²) in [5.74, 6) is 0.0807. The minimum Gasteiger partial charge on any atom is -0.461 e. The molecule has 2 aromatic carbocycles. The molecule has 0 aliphatic heterocycles. The highest BCUT2D eigenvalue weighted by molar-refractivity contribution is 7.80. The van der Waals surface area contributed by atoms with Crippen molar-refractivity contribution in [2.45, 2.75) is 19.5 Å². The summed E-state index contributed by atoms with van der Waals surface area (Å²) in [5, 5.41) is 1.45. The van der Waals surface area contributed by atoms with Gasteiger partial charge in [0.15, 0.2) is 5.11 Å². The van der Waals surface area contributed by atoms with E-state index in [9.17, 15) is 18.0 Å². The Morgan fingerprint density at radius 2 is 1.93 bits per heavy atom. The van der Waals surface area contributed by atoms with Crippen LogP contribution in [0, 0.1) is 6.92 Å². The van der Waals surface area contributed by atoms with E-state index in [1.807, 2.05) is 18.2 Å². The Balaban J connectivity index is 1.84. The number of thiocarbonyl (C=S) groups is 1. The summed E-state index contributed by atoms with van der Waals surface area (Å²) in [6.45, 7) is 1.74. The second-order valence-corrected chi connectivity index (χ2v) is 6.48. The van der Waals surface area contributed by atoms with Crippen molar-refractivity contribution >= 4 is 39.9 Å². The fourth-order valence-electron chi connectivity index (χ4n) is 2.83. The molecule has 1 aromatic heterocycles. The molecule has 0 radical (unpaired) electrons. The van der Waals surface area contributed by atoms with E-state index < -0.39 is 17.6 Å². The van der Waals surface area contributed by atoms with E-state index >= 15 is 0 Å². The van der Waals surface area contributed by atoms with Gasteiger partial charge < -0.3 is 10.2 Å². The molecule has 0 spiro atoms. The Labute approximate surface area is 163 Å². The highest BCUT2D eigenvalue weighted by Crippen LogP contribution is 2.31. The number of aryl methyl sites for hydroxylation is 1. The summed E-state index contributed by atoms with van der Waals surface area (Å²) in [5.41, 5.74) is 8.53. The maximum atomic E-state index is 13.0. The van der Waals surface area contributed by atoms with Gasteiger partial charge in [0.05, 0.1) is 17.7 Å². The lowest BCUT2D eigenvalue weighted by Gasteiger charge is -2.24. The minimum atomic E-state index is -4.53. The van der Waals surface area contributed by atoms with E-state index in [1.165, 1.54) is 12.1 Å². The molecule has 0 saturated heterocycles. The zero-order chi connectivity index (χ0) is 20.5. The maximum Gasteiger partial charge on any atom is 0.416 e. The van der Waals surface area contributed by atoms with Crippen molar-refractivity contribution in [2.75, 3.05) is 5.01 Å². The largest absolute Gasteiger partial charge is 0.461 e. The zero-order valence-corrected chi connectivity index (χ0v) is 15.5. The fourth-order valence-corrected chi connectivity index (χ4v) is 2.98. The van der Waals surface area contributed by atoms with Gasteiger partial charge in [0, 0.05) is 10.9 Å². The molecule has 3 aromatic rings. The quantitative estimate of drug-likeness (QED) is 0.506. The van der Waals surface area contributed by atoms with Crippen LogP contribution in [0.1, 0.15) is 16.9 Å². The molecule has 5 nitrogen and oxygen atoms in total. The molecule has 0 fully saturated rings. The number of nitrogens with zero attached hydrogens (tertiary/aromatic N) is 1. The van der Waals surface area contributed by atoms with Crippen molar-refractivity contribution < 1.29 is 22.4 Å². The van der Waals surface area contributed by atoms with Crippen LogP contribution < -0.4 is 16.2 Å². The molecule has 1 heterocycles. The summed E-state index contributed by atoms with van der Waals surface area (Å²) in [6.07, 6.45) is -4.59. The standard InChI is InChI=1S/C19H16F3N3O2S/c1-11-15(14-7-2-3-8-16(14)27-11)10-17(26)24-25(18(23)28)13-6-4-5-12(9-13)19(20,21)22/h2-9H,10H2,1H3,(H2,23,28)(H,24,26). The summed E-state index contributed by atoms with van der Waals surface area (Å²) in [6, 6.07) is 11.6. The lowest BCUT2D eigenvalue weighted by atomic mass is 10.1. The number of alkyl halides is 3. The first-order valence-corrected chi connectivity index (χ1v) is 8.61. The Morgan fingerprint density at radius 3 is 2.61 bits per heavy atom. The molecular formula is C19H16F3N3O2S. The van der Waals surface area contributed by atoms with Crippen molar-refractivity contribution in [1.82, 2.24) is 5.43 Å². The maximum absolute atomic E-state index is 13.0. The van der Waals surface area contributed by atoms with E-state index in [2.05, 4.69) is 5.43 Å². The predicted molar refractivity (Wildman–Crippen MR) is 104 cm³/mol. The molecular weight excluding hydrogens is 391 g/mol. The second kappa shape index (κ2) is 7.51. The van der Waals surface area contributed by atoms with Gasteiger partial charge >= 0.3 is 6.18 Å². The highest BCUT2D eigenvalue weighted by Gasteiger charge is 2.31. The van der Waals surface area contributed by atoms with E-state index in [0.717, 1.165) is 22.5 Å². The number of benzene rings is 2. The van der Waals surface area contributed by atoms with Crippen molar-refractivity contribution in [1.29, 1.82) is 0 Å². The molecule has 146 valence electrons. The average Bonchev–Trinajstić information content (AvgIpc) is 2.94. The van der Waals surface area contributed by atoms with Crippen LogP contribution in [0.3, 0.4) is 0 Å². The molecule has 0 bridgehead atoms. The van der Waals surface area contributed by atoms with Crippen LogP contribution in [0.2, 0.25) is 0 Å². The van der Waals surface area contributed by atoms with Crippen LogP contribution in [0.4, 0.5) is 18.9 Å². The number of amides is 1. The molecule has 3 rings (SSSR count). The zero-order valence-electron chi connectivity index (χ0n) is 14.7. The molecule has 0 aliphatic carbocycles. The lowest BCUT2D eigenvalue weighted by Crippen LogP contribution is -2.49. The number of nitrogens with one attached hydrogen (secondary N) is 1. The van der Waals surface area contributed by atoms with Gasteiger partial charge in [0.1, 0.15) is 11.3 Å². The van der Waals surface area contributed by atoms with Crippen molar-refractivity contribution in [3.05, 3.63) is 65.4 Å². The number of fused-ring (bicyclic) bond motifs is 1. The number of hydrazine groups is 1. The van der Waals surface area contributed by atoms with Gasteiger partial charge in [-0.3, -0.25) is 10.2 Å². The Bertz CT molecular complexity index is 1050. The van der Waals surface area contributed by atoms with Gasteiger partial charge in [-0.1, -0.05) is 24.3 Å². The minimum absolute atomic E-state index is 0.00412. The first-order valence-electron chi connectivity index (χ1n) is 8.20. The molecule has 0 saturated carbocycles. The first kappa shape index (κ1) is 19.7. The molecule has 9 heteroatoms. The van der Waals surface area contributed by atoms with Gasteiger partial charge in [0.25, 0.3) is 0 Å². The van der Waals surface area contributed by atoms with Crippen LogP contribution in [0.5, 0.6) is 0 Å². The monoisotopic (exact) mass is 407 g/mol. The Hall–Kier alpha value is -3.07. The third-order valence-corrected chi connectivity index (χ3v) is 4.31. The van der Waals surface area contributed by atoms with E-state index in [-0.39, 0.29) is 17.2 Å². The summed E-state index contributed by atoms with van der Waals surface area (Å²) in [4.78, 5) is 12.5. The van der Waals surface area contributed by atoms with Crippen LogP contribution in [0.25, 0.3) is 11.0 Å². The highest BCUT2D eigenvalue weighted by atomic mass is 32.1. The number of carbonyl (C=O) groups is 1. The number of nitrogens with two attached hydrogens (primary N) is 1. The van der Waals surface area contributed by atoms with Crippen LogP contribution in [0.15, 0.2) is 52.9 Å². The van der Waals surface area contributed by atoms with Gasteiger partial charge in [-0.25, -0.2) is 5.01 Å². The van der Waals surface area contributed by atoms with Crippen LogP contribution in [-0.4, -0.2) is 11.0 Å². The second-order valence-electron chi connectivity index (χ2n) is 6.07. The molecule has 1 amide bonds. The van der Waals surface area contributed by atoms with Gasteiger partial charge in [0.2, 0.25) is 5.91 Å².